The summed E-state index contributed by atoms with van der Waals surface area (Å²) < 4.78 is 97.2. The lowest BCUT2D eigenvalue weighted by Gasteiger charge is -2.45. The van der Waals surface area contributed by atoms with Gasteiger partial charge in [0.2, 0.25) is 0 Å². The van der Waals surface area contributed by atoms with Crippen molar-refractivity contribution in [3.8, 4) is 46.7 Å². The summed E-state index contributed by atoms with van der Waals surface area (Å²) in [6.45, 7) is 42.0. The number of carbonyl (C=O) groups is 2. The highest BCUT2D eigenvalue weighted by molar-refractivity contribution is 6.99. The molecule has 3 aliphatic rings. The van der Waals surface area contributed by atoms with Crippen molar-refractivity contribution in [2.45, 2.75) is 232 Å². The number of aliphatic hydroxyl groups excluding tert-OH is 1. The standard InChI is InChI=1S/C62H88O10Si3.C35H42O9/c1-46(47(2)71-75(61(6,7)8,51-27-20-18-21-28-51)52-29-22-19-23-30-52)33-39-56(72-74(16,17)60(3,4)5)58-55(69-62(9,10)70-58)32-24-31-53-49(26-25-41-66-44-48-34-37-50(65-12)38-35-48)36-40-54(68-45-64-11)57(53)59(63)67-42-43-73(13,14)15;1-23-12-18-29(36)33-31(43-35(3,4)44-33)11-7-10-28-26(9-8-20-40-21-25-13-16-27(39-6)17-14-25)15-19-30(41-22-38-5)32(28)34(37)42-24(23)2/h18-24,27-31,33-40,46-47,55-56,58H,32,41-45H2,1-17H3;7,10,12-19,23-24,29,31,33,36H,11,20-22H2,1-6H3/b31-24+,39-33-;10-7?,18-12-/t46-,47+,55+,56?,58+;23-,24+,29?,31+,33-/m11/s1. The van der Waals surface area contributed by atoms with Crippen molar-refractivity contribution in [3.05, 3.63) is 214 Å². The van der Waals surface area contributed by atoms with Gasteiger partial charge >= 0.3 is 11.9 Å². The van der Waals surface area contributed by atoms with Crippen LogP contribution in [0.5, 0.6) is 23.0 Å². The summed E-state index contributed by atoms with van der Waals surface area (Å²) in [5, 5.41) is 13.2. The molecule has 1 N–H and O–H groups in total. The van der Waals surface area contributed by atoms with Gasteiger partial charge in [-0.2, -0.15) is 0 Å². The van der Waals surface area contributed by atoms with Crippen LogP contribution in [0.15, 0.2) is 170 Å². The first-order chi connectivity index (χ1) is 56.3. The van der Waals surface area contributed by atoms with E-state index in [4.69, 9.17) is 75.2 Å². The maximum absolute atomic E-state index is 14.3. The SMILES string of the molecule is COCOc1ccc(C#CCOCc2ccc(OC)cc2)c(/C=C/C[C@@H]2OC(C)(C)O[C@@H]2C(/C=C\[C@@H](C)[C@H](C)O[Si](c2ccccc2)(c2ccccc2)C(C)(C)C)O[Si](C)(C)C(C)(C)C)c1C(=O)OCC[Si](C)(C)C.COCOc1ccc(C#CCOCc2ccc(OC)cc2)c2c1C(=O)O[C@@H](C)[C@H](C)/C=C\C(O)[C@H]1OC(C)(C)O[C@H]1CC=C2. The van der Waals surface area contributed by atoms with Crippen LogP contribution in [0.2, 0.25) is 48.9 Å². The summed E-state index contributed by atoms with van der Waals surface area (Å²) in [5.41, 5.74) is 4.83. The van der Waals surface area contributed by atoms with Gasteiger partial charge in [0.15, 0.2) is 33.5 Å². The van der Waals surface area contributed by atoms with Crippen molar-refractivity contribution < 1.29 is 89.9 Å². The van der Waals surface area contributed by atoms with E-state index in [1.54, 1.807) is 52.5 Å². The Morgan fingerprint density at radius 2 is 1.19 bits per heavy atom. The van der Waals surface area contributed by atoms with E-state index in [1.165, 1.54) is 17.5 Å². The maximum atomic E-state index is 14.3. The van der Waals surface area contributed by atoms with Crippen LogP contribution in [-0.4, -0.2) is 164 Å². The molecular weight excluding hydrogens is 1550 g/mol. The largest absolute Gasteiger partial charge is 0.497 e. The van der Waals surface area contributed by atoms with E-state index in [1.807, 2.05) is 120 Å². The molecule has 22 heteroatoms. The van der Waals surface area contributed by atoms with E-state index in [0.29, 0.717) is 66.4 Å². The average Bonchev–Trinajstić information content (AvgIpc) is 1.44. The highest BCUT2D eigenvalue weighted by Crippen LogP contribution is 2.43. The van der Waals surface area contributed by atoms with Crippen LogP contribution < -0.4 is 29.3 Å². The summed E-state index contributed by atoms with van der Waals surface area (Å²) in [5.74, 6) is 11.9. The molecule has 0 aliphatic carbocycles. The van der Waals surface area contributed by atoms with Crippen LogP contribution in [-0.2, 0) is 69.4 Å². The number of esters is 2. The molecule has 3 heterocycles. The molecule has 644 valence electrons. The summed E-state index contributed by atoms with van der Waals surface area (Å²) >= 11 is 0. The van der Waals surface area contributed by atoms with Gasteiger partial charge in [-0.25, -0.2) is 9.59 Å². The average molecular weight is 1680 g/mol. The predicted octanol–water partition coefficient (Wildman–Crippen LogP) is 18.5. The zero-order valence-corrected chi connectivity index (χ0v) is 77.5. The van der Waals surface area contributed by atoms with Gasteiger partial charge in [-0.1, -0.05) is 232 Å². The lowest BCUT2D eigenvalue weighted by molar-refractivity contribution is -0.152. The van der Waals surface area contributed by atoms with Gasteiger partial charge in [0.05, 0.1) is 52.4 Å². The molecule has 3 aliphatic heterocycles. The molecule has 0 spiro atoms. The quantitative estimate of drug-likeness (QED) is 0.0107. The molecule has 0 bridgehead atoms. The van der Waals surface area contributed by atoms with Gasteiger partial charge in [-0.05, 0) is 160 Å². The van der Waals surface area contributed by atoms with E-state index in [2.05, 4.69) is 185 Å². The summed E-state index contributed by atoms with van der Waals surface area (Å²) in [6.07, 6.45) is 12.6. The number of cyclic esters (lactones) is 1. The van der Waals surface area contributed by atoms with Crippen LogP contribution >= 0.6 is 0 Å². The second-order valence-corrected chi connectivity index (χ2v) is 49.7. The van der Waals surface area contributed by atoms with Crippen molar-refractivity contribution in [3.63, 3.8) is 0 Å². The molecule has 6 aromatic carbocycles. The minimum absolute atomic E-state index is 0.00902. The number of rotatable bonds is 31. The summed E-state index contributed by atoms with van der Waals surface area (Å²) in [7, 11) is -0.415. The molecule has 10 atom stereocenters. The van der Waals surface area contributed by atoms with Crippen molar-refractivity contribution in [1.29, 1.82) is 0 Å². The highest BCUT2D eigenvalue weighted by atomic mass is 28.4. The first kappa shape index (κ1) is 96.2. The van der Waals surface area contributed by atoms with Crippen molar-refractivity contribution >= 4 is 59.2 Å². The minimum Gasteiger partial charge on any atom is -0.497 e. The number of fused-ring (bicyclic) bond motifs is 2. The Bertz CT molecular complexity index is 4440. The number of aliphatic hydroxyl groups is 1. The predicted molar refractivity (Wildman–Crippen MR) is 478 cm³/mol. The van der Waals surface area contributed by atoms with E-state index in [0.717, 1.165) is 28.7 Å². The van der Waals surface area contributed by atoms with Gasteiger partial charge < -0.3 is 80.3 Å². The Balaban J connectivity index is 0.000000339. The van der Waals surface area contributed by atoms with Crippen LogP contribution in [0.25, 0.3) is 12.2 Å². The van der Waals surface area contributed by atoms with Gasteiger partial charge in [-0.3, -0.25) is 0 Å². The smallest absolute Gasteiger partial charge is 0.342 e. The molecule has 0 amide bonds. The Hall–Kier alpha value is -8.25. The fourth-order valence-electron chi connectivity index (χ4n) is 13.8. The Labute approximate surface area is 712 Å². The van der Waals surface area contributed by atoms with Crippen molar-refractivity contribution in [2.75, 3.05) is 61.8 Å². The maximum Gasteiger partial charge on any atom is 0.342 e. The minimum atomic E-state index is -2.83. The van der Waals surface area contributed by atoms with Crippen LogP contribution in [0.1, 0.15) is 164 Å². The lowest BCUT2D eigenvalue weighted by Crippen LogP contribution is -2.67. The zero-order valence-electron chi connectivity index (χ0n) is 74.5. The van der Waals surface area contributed by atoms with E-state index in [9.17, 15) is 14.7 Å². The first-order valence-electron chi connectivity index (χ1n) is 41.2. The second kappa shape index (κ2) is 44.0. The number of carbonyl (C=O) groups excluding carboxylic acids is 2. The van der Waals surface area contributed by atoms with Crippen molar-refractivity contribution in [1.82, 2.24) is 0 Å². The van der Waals surface area contributed by atoms with Gasteiger partial charge in [0.25, 0.3) is 8.32 Å². The molecule has 0 radical (unpaired) electrons. The molecule has 119 heavy (non-hydrogen) atoms. The van der Waals surface area contributed by atoms with Gasteiger partial charge in [0.1, 0.15) is 71.8 Å². The normalized spacial score (nSPS) is 20.5. The molecule has 19 nitrogen and oxygen atoms in total. The third kappa shape index (κ3) is 27.6. The third-order valence-corrected chi connectivity index (χ3v) is 32.9. The Morgan fingerprint density at radius 3 is 1.74 bits per heavy atom. The first-order valence-corrected chi connectivity index (χ1v) is 49.8. The molecule has 9 rings (SSSR count). The zero-order chi connectivity index (χ0) is 86.9. The number of hydrogen-bond acceptors (Lipinski definition) is 19. The fraction of sp³-hybridized carbons (Fsp3) is 0.485. The molecular formula is C97H130O19Si3. The molecule has 2 saturated heterocycles. The third-order valence-electron chi connectivity index (χ3n) is 21.6. The van der Waals surface area contributed by atoms with Crippen LogP contribution in [0.3, 0.4) is 0 Å². The number of methoxy groups -OCH3 is 4. The summed E-state index contributed by atoms with van der Waals surface area (Å²) in [4.78, 5) is 28.0. The van der Waals surface area contributed by atoms with E-state index in [-0.39, 0.29) is 65.9 Å². The highest BCUT2D eigenvalue weighted by Gasteiger charge is 2.52. The van der Waals surface area contributed by atoms with Crippen LogP contribution in [0, 0.1) is 35.5 Å². The molecule has 2 unspecified atom stereocenters. The van der Waals surface area contributed by atoms with Crippen molar-refractivity contribution in [2.24, 2.45) is 11.8 Å². The Morgan fingerprint density at radius 1 is 0.647 bits per heavy atom. The number of hydrogen-bond donors (Lipinski definition) is 1. The van der Waals surface area contributed by atoms with Crippen LogP contribution in [0.4, 0.5) is 0 Å². The Kier molecular flexibility index (Phi) is 35.6. The molecule has 0 aromatic heterocycles. The number of ether oxygens (including phenoxy) is 14. The molecule has 6 aromatic rings. The lowest BCUT2D eigenvalue weighted by atomic mass is 9.96. The van der Waals surface area contributed by atoms with Gasteiger partial charge in [0, 0.05) is 56.6 Å². The van der Waals surface area contributed by atoms with E-state index >= 15 is 0 Å². The fourth-order valence-corrected chi connectivity index (χ4v) is 20.5. The summed E-state index contributed by atoms with van der Waals surface area (Å²) in [6, 6.07) is 44.8. The molecule has 0 saturated carbocycles. The second-order valence-electron chi connectivity index (χ2n) is 35.1. The van der Waals surface area contributed by atoms with Gasteiger partial charge in [-0.15, -0.1) is 0 Å². The van der Waals surface area contributed by atoms with E-state index < -0.39 is 90.9 Å². The topological polar surface area (TPSA) is 202 Å². The monoisotopic (exact) mass is 1680 g/mol. The molecule has 2 fully saturated rings. The number of benzene rings is 6.